The molecule has 4 N–H and O–H groups in total. The van der Waals surface area contributed by atoms with Crippen LogP contribution in [-0.2, 0) is 10.5 Å². The molecule has 4 atom stereocenters. The third-order valence-electron chi connectivity index (χ3n) is 3.50. The third-order valence-corrected chi connectivity index (χ3v) is 3.50. The molecule has 0 saturated carbocycles. The number of terminal acetylenes is 1. The molecule has 0 bridgehead atoms. The second-order valence-electron chi connectivity index (χ2n) is 4.60. The van der Waals surface area contributed by atoms with Crippen molar-refractivity contribution >= 4 is 11.2 Å². The van der Waals surface area contributed by atoms with E-state index in [1.54, 1.807) is 0 Å². The fourth-order valence-corrected chi connectivity index (χ4v) is 2.40. The zero-order valence-electron chi connectivity index (χ0n) is 10.7. The fraction of sp³-hybridized carbons (Fsp3) is 0.417. The summed E-state index contributed by atoms with van der Waals surface area (Å²) in [6.07, 6.45) is 3.86. The minimum Gasteiger partial charge on any atom is -0.492 e. The molecule has 110 valence electrons. The highest BCUT2D eigenvalue weighted by Gasteiger charge is 2.55. The predicted octanol–water partition coefficient (Wildman–Crippen LogP) is -2.07. The van der Waals surface area contributed by atoms with Crippen LogP contribution >= 0.6 is 0 Å². The van der Waals surface area contributed by atoms with Crippen LogP contribution in [0, 0.1) is 12.3 Å². The van der Waals surface area contributed by atoms with E-state index in [0.717, 1.165) is 6.33 Å². The molecule has 1 aliphatic rings. The smallest absolute Gasteiger partial charge is 0.242 e. The molecule has 0 aromatic carbocycles. The molecule has 0 amide bonds. The monoisotopic (exact) mass is 292 g/mol. The molecule has 0 spiro atoms. The Kier molecular flexibility index (Phi) is 3.03. The molecular formula is C12H12N4O5. The van der Waals surface area contributed by atoms with E-state index in [1.165, 1.54) is 10.9 Å². The van der Waals surface area contributed by atoms with Gasteiger partial charge < -0.3 is 25.2 Å². The molecule has 2 aromatic heterocycles. The van der Waals surface area contributed by atoms with Gasteiger partial charge in [-0.1, -0.05) is 0 Å². The molecule has 0 radical (unpaired) electrons. The van der Waals surface area contributed by atoms with Crippen molar-refractivity contribution in [3.05, 3.63) is 12.7 Å². The van der Waals surface area contributed by atoms with E-state index in [2.05, 4.69) is 20.9 Å². The summed E-state index contributed by atoms with van der Waals surface area (Å²) in [4.78, 5) is 11.5. The average Bonchev–Trinajstić information content (AvgIpc) is 3.03. The van der Waals surface area contributed by atoms with Gasteiger partial charge in [0.15, 0.2) is 11.2 Å². The van der Waals surface area contributed by atoms with Crippen molar-refractivity contribution in [2.75, 3.05) is 6.61 Å². The highest BCUT2D eigenvalue weighted by atomic mass is 16.6. The van der Waals surface area contributed by atoms with Crippen LogP contribution < -0.4 is 0 Å². The first-order valence-electron chi connectivity index (χ1n) is 6.05. The van der Waals surface area contributed by atoms with E-state index in [0.29, 0.717) is 0 Å². The zero-order valence-corrected chi connectivity index (χ0v) is 10.7. The largest absolute Gasteiger partial charge is 0.492 e. The van der Waals surface area contributed by atoms with E-state index >= 15 is 0 Å². The number of fused-ring (bicyclic) bond motifs is 1. The molecule has 3 rings (SSSR count). The summed E-state index contributed by atoms with van der Waals surface area (Å²) in [5, 5.41) is 38.9. The Labute approximate surface area is 118 Å². The van der Waals surface area contributed by atoms with Crippen molar-refractivity contribution in [2.45, 2.75) is 24.0 Å². The number of aromatic hydroxyl groups is 1. The van der Waals surface area contributed by atoms with Crippen molar-refractivity contribution in [1.29, 1.82) is 0 Å². The van der Waals surface area contributed by atoms with Crippen LogP contribution in [0.5, 0.6) is 5.88 Å². The number of hydrogen-bond acceptors (Lipinski definition) is 8. The molecule has 0 unspecified atom stereocenters. The summed E-state index contributed by atoms with van der Waals surface area (Å²) in [6, 6.07) is 0. The van der Waals surface area contributed by atoms with Gasteiger partial charge in [0.1, 0.15) is 31.0 Å². The minimum absolute atomic E-state index is 0.0739. The Morgan fingerprint density at radius 1 is 1.38 bits per heavy atom. The molecule has 1 saturated heterocycles. The van der Waals surface area contributed by atoms with Crippen LogP contribution in [0.1, 0.15) is 0 Å². The summed E-state index contributed by atoms with van der Waals surface area (Å²) in [5.74, 6) is 1.92. The van der Waals surface area contributed by atoms with Crippen molar-refractivity contribution in [3.8, 4) is 18.2 Å². The first-order valence-corrected chi connectivity index (χ1v) is 6.05. The summed E-state index contributed by atoms with van der Waals surface area (Å²) in [6.45, 7) is -0.519. The van der Waals surface area contributed by atoms with Gasteiger partial charge in [-0.2, -0.15) is 4.98 Å². The number of nitrogens with zero attached hydrogens (tertiary/aromatic N) is 4. The number of hydrogen-bond donors (Lipinski definition) is 4. The third kappa shape index (κ3) is 1.71. The van der Waals surface area contributed by atoms with Gasteiger partial charge >= 0.3 is 0 Å². The molecule has 9 nitrogen and oxygen atoms in total. The van der Waals surface area contributed by atoms with Gasteiger partial charge in [0, 0.05) is 0 Å². The number of aliphatic hydroxyl groups excluding tert-OH is 3. The van der Waals surface area contributed by atoms with E-state index < -0.39 is 30.6 Å². The lowest BCUT2D eigenvalue weighted by atomic mass is 10.0. The number of aliphatic hydroxyl groups is 3. The lowest BCUT2D eigenvalue weighted by molar-refractivity contribution is -0.103. The van der Waals surface area contributed by atoms with Gasteiger partial charge in [-0.25, -0.2) is 9.97 Å². The number of aromatic nitrogens is 4. The SMILES string of the molecule is C#C[C@@]1(n2cnc3c(O)ncnc32)O[C@H](CO)[C@@H](O)[C@H]1O. The molecule has 0 aliphatic carbocycles. The standard InChI is InChI=1S/C12H12N4O5/c1-2-12(9(19)8(18)6(3-17)21-12)16-5-15-7-10(16)13-4-14-11(7)20/h1,4-6,8-9,17-19H,3H2,(H,13,14,20)/t6-,8-,9-,12-/m1/s1. The summed E-state index contributed by atoms with van der Waals surface area (Å²) < 4.78 is 6.67. The summed E-state index contributed by atoms with van der Waals surface area (Å²) >= 11 is 0. The Balaban J connectivity index is 2.20. The molecule has 2 aromatic rings. The molecule has 21 heavy (non-hydrogen) atoms. The Morgan fingerprint density at radius 2 is 2.14 bits per heavy atom. The highest BCUT2D eigenvalue weighted by Crippen LogP contribution is 2.37. The molecule has 3 heterocycles. The van der Waals surface area contributed by atoms with Crippen LogP contribution in [0.3, 0.4) is 0 Å². The van der Waals surface area contributed by atoms with Crippen molar-refractivity contribution in [1.82, 2.24) is 19.5 Å². The second-order valence-corrected chi connectivity index (χ2v) is 4.60. The van der Waals surface area contributed by atoms with Gasteiger partial charge in [0.05, 0.1) is 6.61 Å². The lowest BCUT2D eigenvalue weighted by Crippen LogP contribution is -2.44. The van der Waals surface area contributed by atoms with Crippen molar-refractivity contribution < 1.29 is 25.2 Å². The topological polar surface area (TPSA) is 134 Å². The average molecular weight is 292 g/mol. The molecule has 1 fully saturated rings. The zero-order chi connectivity index (χ0) is 15.2. The molecule has 9 heteroatoms. The van der Waals surface area contributed by atoms with Crippen LogP contribution in [0.4, 0.5) is 0 Å². The number of ether oxygens (including phenoxy) is 1. The van der Waals surface area contributed by atoms with Gasteiger partial charge in [-0.3, -0.25) is 4.57 Å². The first kappa shape index (κ1) is 13.7. The first-order chi connectivity index (χ1) is 10.0. The highest BCUT2D eigenvalue weighted by molar-refractivity contribution is 5.76. The fourth-order valence-electron chi connectivity index (χ4n) is 2.40. The van der Waals surface area contributed by atoms with E-state index in [9.17, 15) is 20.4 Å². The van der Waals surface area contributed by atoms with E-state index in [1.807, 2.05) is 0 Å². The molecular weight excluding hydrogens is 280 g/mol. The quantitative estimate of drug-likeness (QED) is 0.464. The minimum atomic E-state index is -1.79. The maximum absolute atomic E-state index is 10.2. The summed E-state index contributed by atoms with van der Waals surface area (Å²) in [7, 11) is 0. The summed E-state index contributed by atoms with van der Waals surface area (Å²) in [5.41, 5.74) is -1.59. The predicted molar refractivity (Wildman–Crippen MR) is 67.8 cm³/mol. The Bertz CT molecular complexity index is 726. The Hall–Kier alpha value is -2.25. The second kappa shape index (κ2) is 4.64. The maximum atomic E-state index is 10.2. The number of imidazole rings is 1. The van der Waals surface area contributed by atoms with Gasteiger partial charge in [0.2, 0.25) is 11.6 Å². The van der Waals surface area contributed by atoms with E-state index in [-0.39, 0.29) is 17.0 Å². The van der Waals surface area contributed by atoms with E-state index in [4.69, 9.17) is 11.2 Å². The van der Waals surface area contributed by atoms with Crippen LogP contribution in [0.2, 0.25) is 0 Å². The lowest BCUT2D eigenvalue weighted by Gasteiger charge is -2.27. The van der Waals surface area contributed by atoms with Crippen molar-refractivity contribution in [3.63, 3.8) is 0 Å². The van der Waals surface area contributed by atoms with Gasteiger partial charge in [-0.05, 0) is 5.92 Å². The molecule has 1 aliphatic heterocycles. The van der Waals surface area contributed by atoms with Gasteiger partial charge in [-0.15, -0.1) is 6.42 Å². The van der Waals surface area contributed by atoms with Crippen LogP contribution in [-0.4, -0.2) is 64.9 Å². The normalized spacial score (nSPS) is 32.4. The van der Waals surface area contributed by atoms with Crippen LogP contribution in [0.15, 0.2) is 12.7 Å². The maximum Gasteiger partial charge on any atom is 0.242 e. The Morgan fingerprint density at radius 3 is 2.76 bits per heavy atom. The van der Waals surface area contributed by atoms with Gasteiger partial charge in [0.25, 0.3) is 0 Å². The van der Waals surface area contributed by atoms with Crippen molar-refractivity contribution in [2.24, 2.45) is 0 Å². The number of rotatable bonds is 2. The van der Waals surface area contributed by atoms with Crippen LogP contribution in [0.25, 0.3) is 11.2 Å².